The van der Waals surface area contributed by atoms with Crippen LogP contribution in [0.15, 0.2) is 18.2 Å². The molecule has 4 unspecified atom stereocenters. The molecule has 3 heterocycles. The highest BCUT2D eigenvalue weighted by Crippen LogP contribution is 2.71. The first-order valence-electron chi connectivity index (χ1n) is 10.00. The topological polar surface area (TPSA) is 23.6 Å². The van der Waals surface area contributed by atoms with Gasteiger partial charge < -0.3 is 4.90 Å². The minimum atomic E-state index is 0.381. The molecule has 7 rings (SSSR count). The average Bonchev–Trinajstić information content (AvgIpc) is 3.53. The summed E-state index contributed by atoms with van der Waals surface area (Å²) in [6, 6.07) is 7.88. The Bertz CT molecular complexity index is 758. The summed E-state index contributed by atoms with van der Waals surface area (Å²) in [5.74, 6) is 0.869. The highest BCUT2D eigenvalue weighted by Gasteiger charge is 2.67. The number of carbonyl (C=O) groups excluding carboxylic acids is 1. The lowest BCUT2D eigenvalue weighted by molar-refractivity contribution is -0.145. The van der Waals surface area contributed by atoms with Gasteiger partial charge in [-0.1, -0.05) is 23.7 Å². The molecule has 1 amide bonds. The van der Waals surface area contributed by atoms with Crippen LogP contribution in [0.2, 0.25) is 5.02 Å². The van der Waals surface area contributed by atoms with Crippen LogP contribution in [0.5, 0.6) is 0 Å². The fourth-order valence-corrected chi connectivity index (χ4v) is 6.33. The number of piperidine rings is 2. The van der Waals surface area contributed by atoms with Gasteiger partial charge in [-0.25, -0.2) is 0 Å². The second-order valence-electron chi connectivity index (χ2n) is 9.05. The standard InChI is InChI=1S/C21H25ClN2O/c22-18-3-1-2-16-15(18)6-7-19(16)23-11-14-5-4-13(23)12-24(14)20(25)17-10-21(17)8-9-21/h1-3,13-14,17,19H,4-12H2. The molecule has 4 atom stereocenters. The van der Waals surface area contributed by atoms with Crippen molar-refractivity contribution < 1.29 is 4.79 Å². The molecule has 6 aliphatic rings. The van der Waals surface area contributed by atoms with Gasteiger partial charge in [-0.15, -0.1) is 0 Å². The predicted octanol–water partition coefficient (Wildman–Crippen LogP) is 3.80. The predicted molar refractivity (Wildman–Crippen MR) is 97.5 cm³/mol. The Morgan fingerprint density at radius 2 is 1.96 bits per heavy atom. The number of hydrogen-bond acceptors (Lipinski definition) is 2. The van der Waals surface area contributed by atoms with Crippen LogP contribution in [0.4, 0.5) is 0 Å². The number of nitrogens with zero attached hydrogens (tertiary/aromatic N) is 2. The van der Waals surface area contributed by atoms with Crippen molar-refractivity contribution in [3.8, 4) is 0 Å². The van der Waals surface area contributed by atoms with Crippen molar-refractivity contribution in [2.75, 3.05) is 13.1 Å². The van der Waals surface area contributed by atoms with Crippen LogP contribution in [0.25, 0.3) is 0 Å². The van der Waals surface area contributed by atoms with Crippen LogP contribution in [0, 0.1) is 11.3 Å². The lowest BCUT2D eigenvalue weighted by Crippen LogP contribution is -2.64. The number of benzene rings is 1. The molecule has 5 fully saturated rings. The van der Waals surface area contributed by atoms with Gasteiger partial charge in [0.05, 0.1) is 0 Å². The Hall–Kier alpha value is -1.06. The Morgan fingerprint density at radius 3 is 2.68 bits per heavy atom. The summed E-state index contributed by atoms with van der Waals surface area (Å²) in [5, 5.41) is 0.933. The maximum atomic E-state index is 13.0. The van der Waals surface area contributed by atoms with Gasteiger partial charge in [0.1, 0.15) is 0 Å². The maximum absolute atomic E-state index is 13.0. The van der Waals surface area contributed by atoms with Crippen molar-refractivity contribution in [2.24, 2.45) is 11.3 Å². The molecular formula is C21H25ClN2O. The molecule has 25 heavy (non-hydrogen) atoms. The summed E-state index contributed by atoms with van der Waals surface area (Å²) in [6.07, 6.45) is 8.51. The van der Waals surface area contributed by atoms with E-state index in [-0.39, 0.29) is 0 Å². The van der Waals surface area contributed by atoms with Gasteiger partial charge in [0.25, 0.3) is 0 Å². The molecule has 1 aromatic carbocycles. The van der Waals surface area contributed by atoms with Crippen molar-refractivity contribution in [1.82, 2.24) is 9.80 Å². The summed E-state index contributed by atoms with van der Waals surface area (Å²) < 4.78 is 0. The van der Waals surface area contributed by atoms with Crippen LogP contribution in [-0.4, -0.2) is 40.9 Å². The number of halogens is 1. The van der Waals surface area contributed by atoms with Gasteiger partial charge in [0, 0.05) is 42.2 Å². The van der Waals surface area contributed by atoms with Crippen molar-refractivity contribution in [2.45, 2.75) is 63.1 Å². The van der Waals surface area contributed by atoms with E-state index < -0.39 is 0 Å². The zero-order valence-electron chi connectivity index (χ0n) is 14.6. The monoisotopic (exact) mass is 356 g/mol. The molecule has 2 saturated carbocycles. The summed E-state index contributed by atoms with van der Waals surface area (Å²) in [5.41, 5.74) is 3.28. The Balaban J connectivity index is 1.23. The Labute approximate surface area is 154 Å². The summed E-state index contributed by atoms with van der Waals surface area (Å²) in [4.78, 5) is 17.9. The Kier molecular flexibility index (Phi) is 3.02. The summed E-state index contributed by atoms with van der Waals surface area (Å²) in [6.45, 7) is 2.02. The van der Waals surface area contributed by atoms with Gasteiger partial charge in [-0.2, -0.15) is 0 Å². The fraction of sp³-hybridized carbons (Fsp3) is 0.667. The van der Waals surface area contributed by atoms with Gasteiger partial charge in [-0.05, 0) is 67.6 Å². The second kappa shape index (κ2) is 5.01. The lowest BCUT2D eigenvalue weighted by atomic mass is 9.88. The normalized spacial score (nSPS) is 37.4. The van der Waals surface area contributed by atoms with Crippen molar-refractivity contribution in [3.05, 3.63) is 34.3 Å². The van der Waals surface area contributed by atoms with E-state index in [4.69, 9.17) is 11.6 Å². The number of amides is 1. The molecular weight excluding hydrogens is 332 g/mol. The van der Waals surface area contributed by atoms with E-state index >= 15 is 0 Å². The third-order valence-electron chi connectivity index (χ3n) is 7.82. The highest BCUT2D eigenvalue weighted by molar-refractivity contribution is 6.31. The maximum Gasteiger partial charge on any atom is 0.226 e. The molecule has 3 nitrogen and oxygen atoms in total. The molecule has 2 bridgehead atoms. The molecule has 1 aromatic rings. The van der Waals surface area contributed by atoms with Gasteiger partial charge >= 0.3 is 0 Å². The van der Waals surface area contributed by atoms with Gasteiger partial charge in [0.2, 0.25) is 5.91 Å². The molecule has 132 valence electrons. The quantitative estimate of drug-likeness (QED) is 0.804. The zero-order valence-corrected chi connectivity index (χ0v) is 15.3. The molecule has 0 aromatic heterocycles. The smallest absolute Gasteiger partial charge is 0.226 e. The average molecular weight is 357 g/mol. The SMILES string of the molecule is O=C(C1CC12CC2)N1CC2CCC1CN2C1CCc2c(Cl)cccc21. The molecule has 3 aliphatic carbocycles. The van der Waals surface area contributed by atoms with E-state index in [1.807, 2.05) is 6.07 Å². The minimum absolute atomic E-state index is 0.381. The van der Waals surface area contributed by atoms with Gasteiger partial charge in [-0.3, -0.25) is 9.69 Å². The van der Waals surface area contributed by atoms with Crippen molar-refractivity contribution in [3.63, 3.8) is 0 Å². The Morgan fingerprint density at radius 1 is 1.12 bits per heavy atom. The zero-order chi connectivity index (χ0) is 16.8. The van der Waals surface area contributed by atoms with Crippen LogP contribution in [0.1, 0.15) is 55.7 Å². The largest absolute Gasteiger partial charge is 0.337 e. The van der Waals surface area contributed by atoms with E-state index in [1.165, 1.54) is 49.7 Å². The van der Waals surface area contributed by atoms with Crippen LogP contribution in [-0.2, 0) is 11.2 Å². The van der Waals surface area contributed by atoms with Gasteiger partial charge in [0.15, 0.2) is 0 Å². The summed E-state index contributed by atoms with van der Waals surface area (Å²) in [7, 11) is 0. The first-order valence-corrected chi connectivity index (χ1v) is 10.4. The molecule has 1 spiro atoms. The lowest BCUT2D eigenvalue weighted by Gasteiger charge is -2.53. The van der Waals surface area contributed by atoms with Crippen LogP contribution < -0.4 is 0 Å². The first kappa shape index (κ1) is 15.0. The van der Waals surface area contributed by atoms with Crippen LogP contribution >= 0.6 is 11.6 Å². The number of piperazine rings is 1. The molecule has 4 heteroatoms. The third kappa shape index (κ3) is 2.12. The molecule has 0 N–H and O–H groups in total. The number of hydrogen-bond donors (Lipinski definition) is 0. The van der Waals surface area contributed by atoms with Crippen LogP contribution in [0.3, 0.4) is 0 Å². The fourth-order valence-electron chi connectivity index (χ4n) is 6.06. The highest BCUT2D eigenvalue weighted by atomic mass is 35.5. The molecule has 3 aliphatic heterocycles. The van der Waals surface area contributed by atoms with E-state index in [1.54, 1.807) is 0 Å². The minimum Gasteiger partial charge on any atom is -0.337 e. The van der Waals surface area contributed by atoms with E-state index in [9.17, 15) is 4.79 Å². The van der Waals surface area contributed by atoms with E-state index in [2.05, 4.69) is 21.9 Å². The van der Waals surface area contributed by atoms with Crippen molar-refractivity contribution >= 4 is 17.5 Å². The molecule has 3 saturated heterocycles. The number of carbonyl (C=O) groups is 1. The van der Waals surface area contributed by atoms with Crippen molar-refractivity contribution in [1.29, 1.82) is 0 Å². The molecule has 0 radical (unpaired) electrons. The number of rotatable bonds is 2. The van der Waals surface area contributed by atoms with E-state index in [0.29, 0.717) is 35.4 Å². The summed E-state index contributed by atoms with van der Waals surface area (Å²) >= 11 is 6.42. The van der Waals surface area contributed by atoms with E-state index in [0.717, 1.165) is 24.5 Å². The number of fused-ring (bicyclic) bond motifs is 4. The third-order valence-corrected chi connectivity index (χ3v) is 8.17. The first-order chi connectivity index (χ1) is 12.2. The second-order valence-corrected chi connectivity index (χ2v) is 9.46.